The second-order valence-corrected chi connectivity index (χ2v) is 6.69. The highest BCUT2D eigenvalue weighted by Crippen LogP contribution is 2.24. The van der Waals surface area contributed by atoms with E-state index in [0.29, 0.717) is 12.3 Å². The second kappa shape index (κ2) is 8.65. The molecule has 0 aromatic heterocycles. The van der Waals surface area contributed by atoms with E-state index in [4.69, 9.17) is 9.47 Å². The van der Waals surface area contributed by atoms with Crippen molar-refractivity contribution in [3.8, 4) is 0 Å². The van der Waals surface area contributed by atoms with Gasteiger partial charge in [0.15, 0.2) is 0 Å². The summed E-state index contributed by atoms with van der Waals surface area (Å²) in [6.07, 6.45) is 0. The van der Waals surface area contributed by atoms with Gasteiger partial charge in [0, 0.05) is 36.5 Å². The van der Waals surface area contributed by atoms with Gasteiger partial charge in [-0.2, -0.15) is 0 Å². The topological polar surface area (TPSA) is 116 Å². The summed E-state index contributed by atoms with van der Waals surface area (Å²) in [5.74, 6) is -1.13. The number of hydrogen-bond acceptors (Lipinski definition) is 8. The van der Waals surface area contributed by atoms with Crippen molar-refractivity contribution in [2.24, 2.45) is 0 Å². The minimum absolute atomic E-state index is 0.00207. The molecule has 10 heteroatoms. The number of carbonyl (C=O) groups excluding carboxylic acids is 3. The molecular formula is C16H18N2O7S. The number of nitro groups is 1. The average Bonchev–Trinajstić information content (AvgIpc) is 2.66. The maximum atomic E-state index is 12.8. The van der Waals surface area contributed by atoms with Crippen LogP contribution < -0.4 is 0 Å². The summed E-state index contributed by atoms with van der Waals surface area (Å²) < 4.78 is 9.56. The number of carbonyl (C=O) groups is 3. The Morgan fingerprint density at radius 1 is 1.31 bits per heavy atom. The molecule has 0 spiro atoms. The van der Waals surface area contributed by atoms with Crippen LogP contribution in [-0.4, -0.2) is 65.5 Å². The Labute approximate surface area is 153 Å². The van der Waals surface area contributed by atoms with E-state index >= 15 is 0 Å². The van der Waals surface area contributed by atoms with Crippen LogP contribution in [0.4, 0.5) is 5.69 Å². The van der Waals surface area contributed by atoms with Gasteiger partial charge in [-0.1, -0.05) is 0 Å². The number of ether oxygens (including phenoxy) is 2. The number of benzene rings is 1. The normalized spacial score (nSPS) is 16.7. The maximum Gasteiger partial charge on any atom is 0.338 e. The Morgan fingerprint density at radius 2 is 2.00 bits per heavy atom. The first-order chi connectivity index (χ1) is 12.4. The second-order valence-electron chi connectivity index (χ2n) is 5.38. The van der Waals surface area contributed by atoms with Crippen LogP contribution >= 0.6 is 11.8 Å². The quantitative estimate of drug-likeness (QED) is 0.427. The van der Waals surface area contributed by atoms with Gasteiger partial charge in [0.2, 0.25) is 0 Å². The van der Waals surface area contributed by atoms with Crippen molar-refractivity contribution in [1.82, 2.24) is 4.90 Å². The van der Waals surface area contributed by atoms with E-state index < -0.39 is 28.0 Å². The van der Waals surface area contributed by atoms with Crippen LogP contribution in [0.25, 0.3) is 0 Å². The summed E-state index contributed by atoms with van der Waals surface area (Å²) >= 11 is 1.38. The van der Waals surface area contributed by atoms with Gasteiger partial charge in [0.1, 0.15) is 5.25 Å². The lowest BCUT2D eigenvalue weighted by atomic mass is 10.1. The fourth-order valence-corrected chi connectivity index (χ4v) is 3.59. The molecule has 9 nitrogen and oxygen atoms in total. The first-order valence-electron chi connectivity index (χ1n) is 7.82. The van der Waals surface area contributed by atoms with Gasteiger partial charge in [-0.15, -0.1) is 11.8 Å². The van der Waals surface area contributed by atoms with Gasteiger partial charge in [0.05, 0.1) is 24.2 Å². The Kier molecular flexibility index (Phi) is 6.56. The summed E-state index contributed by atoms with van der Waals surface area (Å²) in [6, 6.07) is 3.44. The van der Waals surface area contributed by atoms with Gasteiger partial charge in [-0.3, -0.25) is 19.7 Å². The number of non-ortho nitro benzene ring substituents is 1. The van der Waals surface area contributed by atoms with Crippen molar-refractivity contribution in [2.75, 3.05) is 32.6 Å². The van der Waals surface area contributed by atoms with E-state index in [1.807, 2.05) is 0 Å². The van der Waals surface area contributed by atoms with Gasteiger partial charge in [0.25, 0.3) is 11.6 Å². The molecule has 140 valence electrons. The summed E-state index contributed by atoms with van der Waals surface area (Å²) in [6.45, 7) is 2.23. The van der Waals surface area contributed by atoms with Crippen molar-refractivity contribution >= 4 is 35.3 Å². The summed E-state index contributed by atoms with van der Waals surface area (Å²) in [7, 11) is 1.27. The highest BCUT2D eigenvalue weighted by atomic mass is 32.2. The van der Waals surface area contributed by atoms with E-state index in [0.717, 1.165) is 12.1 Å². The average molecular weight is 382 g/mol. The molecule has 0 unspecified atom stereocenters. The van der Waals surface area contributed by atoms with Crippen molar-refractivity contribution < 1.29 is 28.8 Å². The van der Waals surface area contributed by atoms with E-state index in [9.17, 15) is 24.5 Å². The molecule has 1 fully saturated rings. The largest absolute Gasteiger partial charge is 0.468 e. The zero-order valence-electron chi connectivity index (χ0n) is 14.3. The summed E-state index contributed by atoms with van der Waals surface area (Å²) in [5.41, 5.74) is -0.451. The van der Waals surface area contributed by atoms with Gasteiger partial charge in [-0.05, 0) is 13.0 Å². The molecule has 0 aliphatic carbocycles. The molecule has 1 aliphatic heterocycles. The highest BCUT2D eigenvalue weighted by Gasteiger charge is 2.31. The fraction of sp³-hybridized carbons (Fsp3) is 0.438. The van der Waals surface area contributed by atoms with Crippen LogP contribution in [0.15, 0.2) is 18.2 Å². The van der Waals surface area contributed by atoms with Gasteiger partial charge < -0.3 is 14.4 Å². The number of esters is 2. The van der Waals surface area contributed by atoms with Crippen LogP contribution in [0.1, 0.15) is 27.6 Å². The van der Waals surface area contributed by atoms with Gasteiger partial charge >= 0.3 is 11.9 Å². The lowest BCUT2D eigenvalue weighted by Gasteiger charge is -2.31. The molecule has 1 aromatic carbocycles. The number of hydrogen-bond donors (Lipinski definition) is 0. The molecule has 1 aliphatic rings. The van der Waals surface area contributed by atoms with Crippen LogP contribution in [0.2, 0.25) is 0 Å². The Bertz CT molecular complexity index is 737. The smallest absolute Gasteiger partial charge is 0.338 e. The van der Waals surface area contributed by atoms with Crippen LogP contribution in [0.5, 0.6) is 0 Å². The molecule has 2 rings (SSSR count). The third-order valence-electron chi connectivity index (χ3n) is 3.70. The predicted molar refractivity (Wildman–Crippen MR) is 93.2 cm³/mol. The molecule has 1 saturated heterocycles. The lowest BCUT2D eigenvalue weighted by molar-refractivity contribution is -0.384. The minimum Gasteiger partial charge on any atom is -0.468 e. The van der Waals surface area contributed by atoms with Crippen molar-refractivity contribution in [3.63, 3.8) is 0 Å². The molecule has 26 heavy (non-hydrogen) atoms. The molecule has 1 atom stereocenters. The number of nitro benzene ring substituents is 1. The number of methoxy groups -OCH3 is 1. The van der Waals surface area contributed by atoms with E-state index in [-0.39, 0.29) is 30.0 Å². The highest BCUT2D eigenvalue weighted by molar-refractivity contribution is 8.00. The summed E-state index contributed by atoms with van der Waals surface area (Å²) in [4.78, 5) is 48.2. The van der Waals surface area contributed by atoms with Crippen LogP contribution in [-0.2, 0) is 14.3 Å². The number of rotatable bonds is 5. The molecule has 0 radical (unpaired) electrons. The van der Waals surface area contributed by atoms with Crippen LogP contribution in [0, 0.1) is 10.1 Å². The number of nitrogens with zero attached hydrogens (tertiary/aromatic N) is 2. The standard InChI is InChI=1S/C16H18N2O7S/c1-3-25-15(20)11-6-10(7-12(8-11)18(22)23)14(19)17-4-5-26-13(9-17)16(21)24-2/h6-8,13H,3-5,9H2,1-2H3/t13-/m1/s1. The van der Waals surface area contributed by atoms with Crippen molar-refractivity contribution in [3.05, 3.63) is 39.4 Å². The zero-order chi connectivity index (χ0) is 19.3. The predicted octanol–water partition coefficient (Wildman–Crippen LogP) is 1.50. The first-order valence-corrected chi connectivity index (χ1v) is 8.87. The zero-order valence-corrected chi connectivity index (χ0v) is 15.1. The van der Waals surface area contributed by atoms with E-state index in [1.165, 1.54) is 29.8 Å². The third-order valence-corrected chi connectivity index (χ3v) is 4.87. The Hall–Kier alpha value is -2.62. The molecule has 1 heterocycles. The first kappa shape index (κ1) is 19.7. The van der Waals surface area contributed by atoms with Crippen molar-refractivity contribution in [2.45, 2.75) is 12.2 Å². The van der Waals surface area contributed by atoms with Crippen molar-refractivity contribution in [1.29, 1.82) is 0 Å². The molecule has 0 saturated carbocycles. The molecule has 0 N–H and O–H groups in total. The van der Waals surface area contributed by atoms with Gasteiger partial charge in [-0.25, -0.2) is 4.79 Å². The maximum absolute atomic E-state index is 12.8. The molecular weight excluding hydrogens is 364 g/mol. The number of thioether (sulfide) groups is 1. The Balaban J connectivity index is 2.30. The SMILES string of the molecule is CCOC(=O)c1cc(C(=O)N2CCS[C@@H](C(=O)OC)C2)cc([N+](=O)[O-])c1. The fourth-order valence-electron chi connectivity index (χ4n) is 2.46. The molecule has 1 aromatic rings. The number of amides is 1. The third kappa shape index (κ3) is 4.51. The molecule has 1 amide bonds. The van der Waals surface area contributed by atoms with E-state index in [2.05, 4.69) is 0 Å². The lowest BCUT2D eigenvalue weighted by Crippen LogP contribution is -2.45. The summed E-state index contributed by atoms with van der Waals surface area (Å²) in [5, 5.41) is 10.6. The minimum atomic E-state index is -0.744. The van der Waals surface area contributed by atoms with E-state index in [1.54, 1.807) is 6.92 Å². The van der Waals surface area contributed by atoms with Crippen LogP contribution in [0.3, 0.4) is 0 Å². The monoisotopic (exact) mass is 382 g/mol. The molecule has 0 bridgehead atoms. The Morgan fingerprint density at radius 3 is 2.62 bits per heavy atom.